The summed E-state index contributed by atoms with van der Waals surface area (Å²) in [5.74, 6) is -1.03. The number of aromatic amines is 1. The maximum absolute atomic E-state index is 12.0. The van der Waals surface area contributed by atoms with Gasteiger partial charge in [-0.05, 0) is 36.8 Å². The van der Waals surface area contributed by atoms with Gasteiger partial charge >= 0.3 is 0 Å². The number of nitro groups is 1. The number of H-pyrrole nitrogens is 1. The molecule has 25 heavy (non-hydrogen) atoms. The number of nitro benzene ring substituents is 1. The Labute approximate surface area is 140 Å². The van der Waals surface area contributed by atoms with Crippen molar-refractivity contribution in [2.75, 3.05) is 0 Å². The normalized spacial score (nSPS) is 11.2. The minimum Gasteiger partial charge on any atom is -0.508 e. The van der Waals surface area contributed by atoms with Gasteiger partial charge in [0.05, 0.1) is 10.4 Å². The number of phenols is 1. The van der Waals surface area contributed by atoms with E-state index in [9.17, 15) is 25.1 Å². The number of fused-ring (bicyclic) bond motifs is 1. The quantitative estimate of drug-likeness (QED) is 0.378. The van der Waals surface area contributed by atoms with Crippen LogP contribution in [0.1, 0.15) is 15.9 Å². The van der Waals surface area contributed by atoms with E-state index < -0.39 is 10.8 Å². The molecule has 0 aliphatic carbocycles. The summed E-state index contributed by atoms with van der Waals surface area (Å²) in [4.78, 5) is 25.1. The van der Waals surface area contributed by atoms with E-state index >= 15 is 0 Å². The van der Waals surface area contributed by atoms with Gasteiger partial charge in [-0.1, -0.05) is 0 Å². The molecule has 3 aromatic rings. The first-order valence-electron chi connectivity index (χ1n) is 7.11. The molecule has 2 aromatic carbocycles. The Kier molecular flexibility index (Phi) is 3.89. The lowest BCUT2D eigenvalue weighted by Crippen LogP contribution is -1.92. The third-order valence-corrected chi connectivity index (χ3v) is 3.61. The number of aryl methyl sites for hydroxylation is 1. The number of aromatic nitrogens is 1. The molecule has 1 amide bonds. The molecule has 0 fully saturated rings. The van der Waals surface area contributed by atoms with Gasteiger partial charge in [0.25, 0.3) is 11.6 Å². The van der Waals surface area contributed by atoms with Gasteiger partial charge in [0.1, 0.15) is 5.75 Å². The van der Waals surface area contributed by atoms with Crippen molar-refractivity contribution in [2.24, 2.45) is 10.2 Å². The minimum atomic E-state index is -0.684. The van der Waals surface area contributed by atoms with E-state index in [0.29, 0.717) is 11.1 Å². The number of azo groups is 1. The van der Waals surface area contributed by atoms with Crippen LogP contribution in [0.4, 0.5) is 11.4 Å². The zero-order valence-electron chi connectivity index (χ0n) is 12.9. The van der Waals surface area contributed by atoms with E-state index in [2.05, 4.69) is 15.2 Å². The maximum Gasteiger partial charge on any atom is 0.295 e. The highest BCUT2D eigenvalue weighted by molar-refractivity contribution is 5.98. The predicted octanol–water partition coefficient (Wildman–Crippen LogP) is 3.72. The van der Waals surface area contributed by atoms with Gasteiger partial charge in [0, 0.05) is 23.1 Å². The van der Waals surface area contributed by atoms with Gasteiger partial charge < -0.3 is 15.2 Å². The number of non-ortho nitro benzene ring substituents is 1. The summed E-state index contributed by atoms with van der Waals surface area (Å²) in [6.45, 7) is 1.65. The van der Waals surface area contributed by atoms with Crippen molar-refractivity contribution >= 4 is 28.2 Å². The zero-order chi connectivity index (χ0) is 18.1. The molecule has 1 aromatic heterocycles. The topological polar surface area (TPSA) is 141 Å². The summed E-state index contributed by atoms with van der Waals surface area (Å²) in [5.41, 5.74) is 0.988. The lowest BCUT2D eigenvalue weighted by atomic mass is 10.1. The fourth-order valence-electron chi connectivity index (χ4n) is 2.39. The summed E-state index contributed by atoms with van der Waals surface area (Å²) in [6, 6.07) is 8.03. The number of rotatable bonds is 3. The van der Waals surface area contributed by atoms with Gasteiger partial charge in [0.15, 0.2) is 5.69 Å². The van der Waals surface area contributed by atoms with Crippen LogP contribution in [-0.2, 0) is 0 Å². The number of carbonyl (C=O) groups excluding carboxylic acids is 1. The van der Waals surface area contributed by atoms with Crippen molar-refractivity contribution in [1.82, 2.24) is 4.98 Å². The number of benzene rings is 2. The van der Waals surface area contributed by atoms with Crippen LogP contribution < -0.4 is 0 Å². The molecule has 3 N–H and O–H groups in total. The molecular formula is C16H12N4O5. The van der Waals surface area contributed by atoms with Crippen LogP contribution in [0.2, 0.25) is 0 Å². The average Bonchev–Trinajstić information content (AvgIpc) is 2.89. The number of carbonyl (C=O) groups is 1. The molecule has 0 atom stereocenters. The lowest BCUT2D eigenvalue weighted by molar-refractivity contribution is -0.384. The summed E-state index contributed by atoms with van der Waals surface area (Å²) in [6.07, 6.45) is 0. The fourth-order valence-corrected chi connectivity index (χ4v) is 2.39. The van der Waals surface area contributed by atoms with Gasteiger partial charge in [-0.3, -0.25) is 14.9 Å². The molecule has 9 nitrogen and oxygen atoms in total. The van der Waals surface area contributed by atoms with Crippen molar-refractivity contribution in [3.05, 3.63) is 57.6 Å². The highest BCUT2D eigenvalue weighted by atomic mass is 16.6. The number of phenolic OH excluding ortho intramolecular Hbond substituents is 1. The van der Waals surface area contributed by atoms with Crippen molar-refractivity contribution < 1.29 is 19.9 Å². The molecule has 0 saturated carbocycles. The monoisotopic (exact) mass is 340 g/mol. The maximum atomic E-state index is 12.0. The molecule has 0 saturated heterocycles. The third kappa shape index (κ3) is 3.02. The minimum absolute atomic E-state index is 0.00514. The Morgan fingerprint density at radius 2 is 1.88 bits per heavy atom. The zero-order valence-corrected chi connectivity index (χ0v) is 12.9. The second kappa shape index (κ2) is 6.04. The van der Waals surface area contributed by atoms with E-state index in [1.807, 2.05) is 0 Å². The van der Waals surface area contributed by atoms with E-state index in [1.165, 1.54) is 36.4 Å². The first-order chi connectivity index (χ1) is 11.9. The summed E-state index contributed by atoms with van der Waals surface area (Å²) in [7, 11) is 0. The van der Waals surface area contributed by atoms with Gasteiger partial charge in [-0.2, -0.15) is 0 Å². The Balaban J connectivity index is 2.03. The molecule has 0 aliphatic rings. The van der Waals surface area contributed by atoms with Crippen LogP contribution in [0.15, 0.2) is 46.6 Å². The summed E-state index contributed by atoms with van der Waals surface area (Å²) < 4.78 is 0. The molecule has 1 heterocycles. The number of hydrogen-bond acceptors (Lipinski definition) is 6. The smallest absolute Gasteiger partial charge is 0.295 e. The Bertz CT molecular complexity index is 1020. The number of hydrogen-bond donors (Lipinski definition) is 3. The SMILES string of the molecule is Cc1cc([N+](=O)[O-])cc2c(N=NC(=O)c3ccc(O)cc3)c(O)[nH]c12. The van der Waals surface area contributed by atoms with Crippen molar-refractivity contribution in [2.45, 2.75) is 6.92 Å². The Morgan fingerprint density at radius 1 is 1.20 bits per heavy atom. The van der Waals surface area contributed by atoms with Crippen molar-refractivity contribution in [3.8, 4) is 11.6 Å². The van der Waals surface area contributed by atoms with E-state index in [-0.39, 0.29) is 34.0 Å². The number of amides is 1. The fraction of sp³-hybridized carbons (Fsp3) is 0.0625. The van der Waals surface area contributed by atoms with E-state index in [0.717, 1.165) is 0 Å². The molecule has 126 valence electrons. The lowest BCUT2D eigenvalue weighted by Gasteiger charge is -1.97. The first-order valence-corrected chi connectivity index (χ1v) is 7.11. The Hall–Kier alpha value is -3.75. The summed E-state index contributed by atoms with van der Waals surface area (Å²) >= 11 is 0. The van der Waals surface area contributed by atoms with Gasteiger partial charge in [-0.25, -0.2) is 0 Å². The number of nitrogens with zero attached hydrogens (tertiary/aromatic N) is 3. The first kappa shape index (κ1) is 16.1. The van der Waals surface area contributed by atoms with Crippen LogP contribution in [-0.4, -0.2) is 26.0 Å². The molecule has 0 spiro atoms. The van der Waals surface area contributed by atoms with Crippen LogP contribution in [0.5, 0.6) is 11.6 Å². The van der Waals surface area contributed by atoms with Crippen molar-refractivity contribution in [3.63, 3.8) is 0 Å². The average molecular weight is 340 g/mol. The molecule has 3 rings (SSSR count). The van der Waals surface area contributed by atoms with Crippen LogP contribution in [0, 0.1) is 17.0 Å². The molecular weight excluding hydrogens is 328 g/mol. The molecule has 9 heteroatoms. The summed E-state index contributed by atoms with van der Waals surface area (Å²) in [5, 5.41) is 37.8. The second-order valence-corrected chi connectivity index (χ2v) is 5.32. The highest BCUT2D eigenvalue weighted by Gasteiger charge is 2.18. The van der Waals surface area contributed by atoms with E-state index in [4.69, 9.17) is 0 Å². The standard InChI is InChI=1S/C16H12N4O5/c1-8-6-10(20(24)25)7-12-13(8)17-16(23)14(12)18-19-15(22)9-2-4-11(21)5-3-9/h2-7,17,21,23H,1H3. The number of nitrogens with one attached hydrogen (secondary N) is 1. The van der Waals surface area contributed by atoms with Crippen LogP contribution in [0.25, 0.3) is 10.9 Å². The van der Waals surface area contributed by atoms with Gasteiger partial charge in [0.2, 0.25) is 5.88 Å². The van der Waals surface area contributed by atoms with Crippen LogP contribution in [0.3, 0.4) is 0 Å². The Morgan fingerprint density at radius 3 is 2.52 bits per heavy atom. The van der Waals surface area contributed by atoms with Crippen LogP contribution >= 0.6 is 0 Å². The predicted molar refractivity (Wildman–Crippen MR) is 88.3 cm³/mol. The van der Waals surface area contributed by atoms with Crippen molar-refractivity contribution in [1.29, 1.82) is 0 Å². The molecule has 0 radical (unpaired) electrons. The molecule has 0 unspecified atom stereocenters. The number of aromatic hydroxyl groups is 2. The second-order valence-electron chi connectivity index (χ2n) is 5.32. The highest BCUT2D eigenvalue weighted by Crippen LogP contribution is 2.39. The van der Waals surface area contributed by atoms with E-state index in [1.54, 1.807) is 6.92 Å². The van der Waals surface area contributed by atoms with Gasteiger partial charge in [-0.15, -0.1) is 10.2 Å². The molecule has 0 bridgehead atoms. The molecule has 0 aliphatic heterocycles. The third-order valence-electron chi connectivity index (χ3n) is 3.61. The largest absolute Gasteiger partial charge is 0.508 e.